The van der Waals surface area contributed by atoms with Crippen molar-refractivity contribution in [3.05, 3.63) is 28.0 Å². The summed E-state index contributed by atoms with van der Waals surface area (Å²) in [5.41, 5.74) is 3.38. The molecule has 0 spiro atoms. The molecule has 0 unspecified atom stereocenters. The van der Waals surface area contributed by atoms with Crippen molar-refractivity contribution in [2.24, 2.45) is 4.99 Å². The standard InChI is InChI=1S/C14H16BrN3/c1-14(2,3)12-11(15)7-9-6-10-8-16-4-5-18(10)13(9)17-12/h6-8H,4-5H2,1-3H3. The Hall–Kier alpha value is -1.16. The Morgan fingerprint density at radius 2 is 2.06 bits per heavy atom. The van der Waals surface area contributed by atoms with E-state index in [1.54, 1.807) is 0 Å². The van der Waals surface area contributed by atoms with Crippen LogP contribution in [0.3, 0.4) is 0 Å². The van der Waals surface area contributed by atoms with E-state index in [0.717, 1.165) is 34.6 Å². The largest absolute Gasteiger partial charge is 0.323 e. The molecule has 4 heteroatoms. The fourth-order valence-electron chi connectivity index (χ4n) is 2.36. The zero-order valence-electron chi connectivity index (χ0n) is 10.9. The van der Waals surface area contributed by atoms with Gasteiger partial charge in [0.15, 0.2) is 0 Å². The van der Waals surface area contributed by atoms with E-state index in [2.05, 4.69) is 58.4 Å². The molecule has 3 rings (SSSR count). The van der Waals surface area contributed by atoms with Crippen LogP contribution in [0.1, 0.15) is 32.2 Å². The minimum Gasteiger partial charge on any atom is -0.323 e. The summed E-state index contributed by atoms with van der Waals surface area (Å²) in [5, 5.41) is 1.18. The highest BCUT2D eigenvalue weighted by atomic mass is 79.9. The monoisotopic (exact) mass is 305 g/mol. The maximum atomic E-state index is 4.87. The molecule has 0 amide bonds. The first-order valence-corrected chi connectivity index (χ1v) is 6.96. The van der Waals surface area contributed by atoms with Crippen molar-refractivity contribution in [2.75, 3.05) is 6.54 Å². The van der Waals surface area contributed by atoms with Gasteiger partial charge in [0.1, 0.15) is 5.65 Å². The molecule has 0 bridgehead atoms. The number of hydrogen-bond donors (Lipinski definition) is 0. The third-order valence-electron chi connectivity index (χ3n) is 3.24. The van der Waals surface area contributed by atoms with Crippen LogP contribution in [0.25, 0.3) is 11.0 Å². The second-order valence-electron chi connectivity index (χ2n) is 5.74. The molecular formula is C14H16BrN3. The minimum absolute atomic E-state index is 0.0422. The molecule has 0 N–H and O–H groups in total. The van der Waals surface area contributed by atoms with Crippen molar-refractivity contribution >= 4 is 33.2 Å². The summed E-state index contributed by atoms with van der Waals surface area (Å²) in [6, 6.07) is 4.32. The zero-order chi connectivity index (χ0) is 12.9. The molecule has 2 aromatic heterocycles. The normalized spacial score (nSPS) is 15.1. The molecule has 0 saturated heterocycles. The average molecular weight is 306 g/mol. The van der Waals surface area contributed by atoms with Crippen LogP contribution in [0.15, 0.2) is 21.6 Å². The van der Waals surface area contributed by atoms with Gasteiger partial charge < -0.3 is 4.57 Å². The topological polar surface area (TPSA) is 30.2 Å². The Kier molecular flexibility index (Phi) is 2.59. The summed E-state index contributed by atoms with van der Waals surface area (Å²) in [6.07, 6.45) is 1.94. The number of aliphatic imine (C=N–C) groups is 1. The predicted octanol–water partition coefficient (Wildman–Crippen LogP) is 3.53. The van der Waals surface area contributed by atoms with Gasteiger partial charge in [-0.25, -0.2) is 4.98 Å². The maximum absolute atomic E-state index is 4.87. The lowest BCUT2D eigenvalue weighted by Crippen LogP contribution is -2.16. The van der Waals surface area contributed by atoms with Crippen LogP contribution >= 0.6 is 15.9 Å². The first kappa shape index (κ1) is 11.9. The number of pyridine rings is 1. The van der Waals surface area contributed by atoms with E-state index in [0.29, 0.717) is 0 Å². The highest BCUT2D eigenvalue weighted by Gasteiger charge is 2.21. The Morgan fingerprint density at radius 3 is 2.78 bits per heavy atom. The van der Waals surface area contributed by atoms with Crippen molar-refractivity contribution < 1.29 is 0 Å². The van der Waals surface area contributed by atoms with Crippen LogP contribution in [0, 0.1) is 0 Å². The molecule has 0 aromatic carbocycles. The van der Waals surface area contributed by atoms with Gasteiger partial charge in [-0.15, -0.1) is 0 Å². The summed E-state index contributed by atoms with van der Waals surface area (Å²) in [6.45, 7) is 8.33. The Morgan fingerprint density at radius 1 is 1.28 bits per heavy atom. The SMILES string of the molecule is CC(C)(C)c1nc2c(cc1Br)cc1n2CCN=C1. The number of halogens is 1. The lowest BCUT2D eigenvalue weighted by Gasteiger charge is -2.20. The first-order chi connectivity index (χ1) is 8.47. The quantitative estimate of drug-likeness (QED) is 0.732. The van der Waals surface area contributed by atoms with E-state index in [1.165, 1.54) is 5.39 Å². The molecule has 94 valence electrons. The van der Waals surface area contributed by atoms with Gasteiger partial charge in [0.05, 0.1) is 17.9 Å². The molecule has 1 aliphatic heterocycles. The number of nitrogens with zero attached hydrogens (tertiary/aromatic N) is 3. The summed E-state index contributed by atoms with van der Waals surface area (Å²) in [4.78, 5) is 9.20. The van der Waals surface area contributed by atoms with Gasteiger partial charge in [0.2, 0.25) is 0 Å². The van der Waals surface area contributed by atoms with E-state index < -0.39 is 0 Å². The molecular weight excluding hydrogens is 290 g/mol. The molecule has 0 aliphatic carbocycles. The van der Waals surface area contributed by atoms with Gasteiger partial charge >= 0.3 is 0 Å². The van der Waals surface area contributed by atoms with Crippen LogP contribution in [0.5, 0.6) is 0 Å². The first-order valence-electron chi connectivity index (χ1n) is 6.17. The van der Waals surface area contributed by atoms with Crippen molar-refractivity contribution in [2.45, 2.75) is 32.7 Å². The highest BCUT2D eigenvalue weighted by molar-refractivity contribution is 9.10. The highest BCUT2D eigenvalue weighted by Crippen LogP contribution is 2.32. The molecule has 3 heterocycles. The summed E-state index contributed by atoms with van der Waals surface area (Å²) >= 11 is 3.64. The molecule has 1 aliphatic rings. The molecule has 0 saturated carbocycles. The van der Waals surface area contributed by atoms with Crippen molar-refractivity contribution in [3.8, 4) is 0 Å². The van der Waals surface area contributed by atoms with E-state index >= 15 is 0 Å². The van der Waals surface area contributed by atoms with E-state index in [-0.39, 0.29) is 5.41 Å². The maximum Gasteiger partial charge on any atom is 0.140 e. The minimum atomic E-state index is 0.0422. The summed E-state index contributed by atoms with van der Waals surface area (Å²) in [7, 11) is 0. The number of rotatable bonds is 0. The molecule has 0 radical (unpaired) electrons. The van der Waals surface area contributed by atoms with Gasteiger partial charge in [-0.05, 0) is 28.1 Å². The third kappa shape index (κ3) is 1.79. The van der Waals surface area contributed by atoms with Crippen LogP contribution in [0.2, 0.25) is 0 Å². The molecule has 18 heavy (non-hydrogen) atoms. The second kappa shape index (κ2) is 3.92. The number of aromatic nitrogens is 2. The van der Waals surface area contributed by atoms with Crippen LogP contribution < -0.4 is 0 Å². The lowest BCUT2D eigenvalue weighted by molar-refractivity contribution is 0.565. The number of fused-ring (bicyclic) bond motifs is 3. The fraction of sp³-hybridized carbons (Fsp3) is 0.429. The van der Waals surface area contributed by atoms with Crippen LogP contribution in [0.4, 0.5) is 0 Å². The molecule has 0 atom stereocenters. The van der Waals surface area contributed by atoms with Crippen LogP contribution in [-0.4, -0.2) is 22.3 Å². The average Bonchev–Trinajstić information content (AvgIpc) is 2.63. The molecule has 2 aromatic rings. The van der Waals surface area contributed by atoms with Crippen molar-refractivity contribution in [1.29, 1.82) is 0 Å². The second-order valence-corrected chi connectivity index (χ2v) is 6.59. The van der Waals surface area contributed by atoms with Gasteiger partial charge in [-0.2, -0.15) is 0 Å². The van der Waals surface area contributed by atoms with E-state index in [4.69, 9.17) is 4.98 Å². The van der Waals surface area contributed by atoms with Crippen LogP contribution in [-0.2, 0) is 12.0 Å². The Balaban J connectivity index is 2.31. The van der Waals surface area contributed by atoms with E-state index in [9.17, 15) is 0 Å². The third-order valence-corrected chi connectivity index (χ3v) is 3.85. The van der Waals surface area contributed by atoms with Gasteiger partial charge in [-0.1, -0.05) is 20.8 Å². The van der Waals surface area contributed by atoms with Gasteiger partial charge in [0.25, 0.3) is 0 Å². The Bertz CT molecular complexity index is 647. The smallest absolute Gasteiger partial charge is 0.140 e. The summed E-state index contributed by atoms with van der Waals surface area (Å²) < 4.78 is 3.34. The predicted molar refractivity (Wildman–Crippen MR) is 78.6 cm³/mol. The van der Waals surface area contributed by atoms with Gasteiger partial charge in [-0.3, -0.25) is 4.99 Å². The molecule has 0 fully saturated rings. The van der Waals surface area contributed by atoms with E-state index in [1.807, 2.05) is 6.21 Å². The lowest BCUT2D eigenvalue weighted by atomic mass is 9.91. The molecule has 3 nitrogen and oxygen atoms in total. The van der Waals surface area contributed by atoms with Crippen molar-refractivity contribution in [3.63, 3.8) is 0 Å². The fourth-order valence-corrected chi connectivity index (χ4v) is 3.29. The number of hydrogen-bond acceptors (Lipinski definition) is 2. The Labute approximate surface area is 115 Å². The summed E-state index contributed by atoms with van der Waals surface area (Å²) in [5.74, 6) is 0. The zero-order valence-corrected chi connectivity index (χ0v) is 12.5. The van der Waals surface area contributed by atoms with Crippen molar-refractivity contribution in [1.82, 2.24) is 9.55 Å². The van der Waals surface area contributed by atoms with Gasteiger partial charge in [0, 0.05) is 28.0 Å².